The third kappa shape index (κ3) is 2.36. The van der Waals surface area contributed by atoms with Gasteiger partial charge in [0.2, 0.25) is 5.82 Å². The minimum Gasteiger partial charge on any atom is -0.358 e. The number of thiophene rings is 1. The van der Waals surface area contributed by atoms with Gasteiger partial charge in [-0.15, -0.1) is 11.3 Å². The molecule has 0 aliphatic rings. The van der Waals surface area contributed by atoms with Gasteiger partial charge in [0.15, 0.2) is 0 Å². The van der Waals surface area contributed by atoms with Crippen LogP contribution in [-0.4, -0.2) is 14.3 Å². The molecule has 0 radical (unpaired) electrons. The highest BCUT2D eigenvalue weighted by molar-refractivity contribution is 9.11. The number of aromatic nitrogens is 2. The Morgan fingerprint density at radius 1 is 1.53 bits per heavy atom. The van der Waals surface area contributed by atoms with E-state index in [2.05, 4.69) is 26.2 Å². The maximum Gasteiger partial charge on any atom is 0.372 e. The number of fused-ring (bicyclic) bond motifs is 1. The smallest absolute Gasteiger partial charge is 0.358 e. The molecule has 0 amide bonds. The molecule has 3 heterocycles. The van der Waals surface area contributed by atoms with Crippen LogP contribution in [0.1, 0.15) is 4.88 Å². The molecular weight excluding hydrogens is 352 g/mol. The average molecular weight is 359 g/mol. The lowest BCUT2D eigenvalue weighted by Crippen LogP contribution is -2.02. The molecule has 0 unspecified atom stereocenters. The molecule has 1 N–H and O–H groups in total. The van der Waals surface area contributed by atoms with Gasteiger partial charge in [-0.05, 0) is 33.0 Å². The number of hydrogen-bond acceptors (Lipinski definition) is 6. The zero-order chi connectivity index (χ0) is 13.4. The molecule has 3 aromatic rings. The van der Waals surface area contributed by atoms with Crippen LogP contribution in [0.15, 0.2) is 27.5 Å². The molecule has 0 atom stereocenters. The third-order valence-electron chi connectivity index (χ3n) is 2.47. The number of nitro groups is 1. The molecule has 9 heteroatoms. The number of imidazole rings is 1. The largest absolute Gasteiger partial charge is 0.372 e. The van der Waals surface area contributed by atoms with E-state index >= 15 is 0 Å². The Balaban J connectivity index is 1.89. The molecule has 0 aliphatic carbocycles. The van der Waals surface area contributed by atoms with Gasteiger partial charge in [-0.1, -0.05) is 11.3 Å². The Morgan fingerprint density at radius 3 is 3.05 bits per heavy atom. The number of thiazole rings is 1. The van der Waals surface area contributed by atoms with Gasteiger partial charge < -0.3 is 15.4 Å². The van der Waals surface area contributed by atoms with Crippen LogP contribution in [0.25, 0.3) is 4.96 Å². The maximum absolute atomic E-state index is 11.1. The van der Waals surface area contributed by atoms with Crippen molar-refractivity contribution < 1.29 is 4.92 Å². The van der Waals surface area contributed by atoms with Crippen molar-refractivity contribution in [2.24, 2.45) is 0 Å². The van der Waals surface area contributed by atoms with Gasteiger partial charge in [-0.25, -0.2) is 0 Å². The first-order chi connectivity index (χ1) is 9.15. The molecular formula is C10H7BrN4O2S2. The molecule has 0 fully saturated rings. The third-order valence-corrected chi connectivity index (χ3v) is 4.85. The number of halogens is 1. The van der Waals surface area contributed by atoms with Crippen LogP contribution < -0.4 is 5.32 Å². The van der Waals surface area contributed by atoms with E-state index in [1.165, 1.54) is 15.7 Å². The van der Waals surface area contributed by atoms with Crippen molar-refractivity contribution in [1.82, 2.24) is 9.38 Å². The highest BCUT2D eigenvalue weighted by Gasteiger charge is 2.23. The Labute approximate surface area is 124 Å². The molecule has 6 nitrogen and oxygen atoms in total. The van der Waals surface area contributed by atoms with Crippen LogP contribution in [0.5, 0.6) is 0 Å². The number of nitrogens with one attached hydrogen (secondary N) is 1. The van der Waals surface area contributed by atoms with E-state index in [0.717, 1.165) is 8.66 Å². The van der Waals surface area contributed by atoms with Gasteiger partial charge in [0.25, 0.3) is 4.96 Å². The van der Waals surface area contributed by atoms with Gasteiger partial charge in [0.05, 0.1) is 10.3 Å². The van der Waals surface area contributed by atoms with Crippen LogP contribution in [0, 0.1) is 10.1 Å². The van der Waals surface area contributed by atoms with Crippen molar-refractivity contribution in [3.05, 3.63) is 42.5 Å². The van der Waals surface area contributed by atoms with Crippen molar-refractivity contribution in [3.63, 3.8) is 0 Å². The minimum absolute atomic E-state index is 0.0214. The monoisotopic (exact) mass is 358 g/mol. The molecule has 19 heavy (non-hydrogen) atoms. The van der Waals surface area contributed by atoms with Crippen molar-refractivity contribution in [3.8, 4) is 0 Å². The number of nitrogens with zero attached hydrogens (tertiary/aromatic N) is 3. The lowest BCUT2D eigenvalue weighted by atomic mass is 10.4. The Kier molecular flexibility index (Phi) is 3.25. The van der Waals surface area contributed by atoms with Gasteiger partial charge in [-0.3, -0.25) is 0 Å². The summed E-state index contributed by atoms with van der Waals surface area (Å²) in [6.45, 7) is 0.516. The fourth-order valence-corrected chi connectivity index (χ4v) is 3.82. The highest BCUT2D eigenvalue weighted by atomic mass is 79.9. The summed E-state index contributed by atoms with van der Waals surface area (Å²) < 4.78 is 2.52. The Morgan fingerprint density at radius 2 is 2.37 bits per heavy atom. The zero-order valence-corrected chi connectivity index (χ0v) is 12.6. The summed E-state index contributed by atoms with van der Waals surface area (Å²) >= 11 is 6.33. The standard InChI is InChI=1S/C10H7BrN4O2S2/c11-7-2-1-6(19-7)5-12-8-9(15(16)17)14-3-4-18-10(14)13-8/h1-4,12H,5H2. The molecule has 0 aliphatic heterocycles. The molecule has 3 rings (SSSR count). The van der Waals surface area contributed by atoms with Gasteiger partial charge in [0.1, 0.15) is 6.20 Å². The van der Waals surface area contributed by atoms with Crippen molar-refractivity contribution in [2.75, 3.05) is 5.32 Å². The molecule has 0 aromatic carbocycles. The molecule has 0 saturated heterocycles. The summed E-state index contributed by atoms with van der Waals surface area (Å²) in [6, 6.07) is 3.91. The number of hydrogen-bond donors (Lipinski definition) is 1. The van der Waals surface area contributed by atoms with Crippen LogP contribution in [0.2, 0.25) is 0 Å². The molecule has 0 spiro atoms. The quantitative estimate of drug-likeness (QED) is 0.569. The van der Waals surface area contributed by atoms with Gasteiger partial charge >= 0.3 is 5.82 Å². The van der Waals surface area contributed by atoms with Crippen molar-refractivity contribution >= 4 is 55.2 Å². The summed E-state index contributed by atoms with van der Waals surface area (Å²) in [5, 5.41) is 15.9. The number of rotatable bonds is 4. The second-order valence-corrected chi connectivity index (χ2v) is 7.08. The fourth-order valence-electron chi connectivity index (χ4n) is 1.68. The van der Waals surface area contributed by atoms with E-state index in [0.29, 0.717) is 17.3 Å². The fraction of sp³-hybridized carbons (Fsp3) is 0.100. The summed E-state index contributed by atoms with van der Waals surface area (Å²) in [4.78, 5) is 16.6. The van der Waals surface area contributed by atoms with Crippen molar-refractivity contribution in [2.45, 2.75) is 6.54 Å². The summed E-state index contributed by atoms with van der Waals surface area (Å²) in [5.41, 5.74) is 0. The minimum atomic E-state index is -0.417. The second kappa shape index (κ2) is 4.91. The Bertz CT molecular complexity index is 748. The summed E-state index contributed by atoms with van der Waals surface area (Å²) in [6.07, 6.45) is 1.65. The van der Waals surface area contributed by atoms with Crippen LogP contribution in [0.3, 0.4) is 0 Å². The van der Waals surface area contributed by atoms with E-state index < -0.39 is 4.92 Å². The lowest BCUT2D eigenvalue weighted by Gasteiger charge is -2.00. The first-order valence-electron chi connectivity index (χ1n) is 5.23. The van der Waals surface area contributed by atoms with Crippen molar-refractivity contribution in [1.29, 1.82) is 0 Å². The topological polar surface area (TPSA) is 72.5 Å². The molecule has 0 saturated carbocycles. The molecule has 98 valence electrons. The van der Waals surface area contributed by atoms with E-state index in [1.54, 1.807) is 22.9 Å². The lowest BCUT2D eigenvalue weighted by molar-refractivity contribution is -0.389. The van der Waals surface area contributed by atoms with E-state index in [9.17, 15) is 10.1 Å². The summed E-state index contributed by atoms with van der Waals surface area (Å²) in [7, 11) is 0. The molecule has 3 aromatic heterocycles. The van der Waals surface area contributed by atoms with Gasteiger partial charge in [-0.2, -0.15) is 9.38 Å². The first-order valence-corrected chi connectivity index (χ1v) is 7.72. The highest BCUT2D eigenvalue weighted by Crippen LogP contribution is 2.29. The number of anilines is 1. The van der Waals surface area contributed by atoms with E-state index in [-0.39, 0.29) is 5.82 Å². The molecule has 0 bridgehead atoms. The summed E-state index contributed by atoms with van der Waals surface area (Å²) in [5.74, 6) is 0.285. The zero-order valence-electron chi connectivity index (χ0n) is 9.37. The van der Waals surface area contributed by atoms with Crippen LogP contribution in [-0.2, 0) is 6.54 Å². The van der Waals surface area contributed by atoms with Gasteiger partial charge in [0, 0.05) is 10.3 Å². The van der Waals surface area contributed by atoms with Crippen LogP contribution in [0.4, 0.5) is 11.6 Å². The Hall–Kier alpha value is -1.45. The predicted molar refractivity (Wildman–Crippen MR) is 79.1 cm³/mol. The maximum atomic E-state index is 11.1. The second-order valence-electron chi connectivity index (χ2n) is 3.66. The predicted octanol–water partition coefficient (Wildman–Crippen LogP) is 3.74. The van der Waals surface area contributed by atoms with E-state index in [1.807, 2.05) is 12.1 Å². The van der Waals surface area contributed by atoms with Crippen LogP contribution >= 0.6 is 38.6 Å². The SMILES string of the molecule is O=[N+]([O-])c1c(NCc2ccc(Br)s2)nc2sccn12. The average Bonchev–Trinajstić information content (AvgIpc) is 3.00. The van der Waals surface area contributed by atoms with E-state index in [4.69, 9.17) is 0 Å². The first kappa shape index (κ1) is 12.6. The normalized spacial score (nSPS) is 11.0.